The molecule has 0 bridgehead atoms. The molecule has 0 unspecified atom stereocenters. The van der Waals surface area contributed by atoms with Crippen LogP contribution in [0.25, 0.3) is 0 Å². The lowest BCUT2D eigenvalue weighted by atomic mass is 9.46. The minimum Gasteiger partial charge on any atom is -0.359 e. The van der Waals surface area contributed by atoms with Gasteiger partial charge < -0.3 is 5.32 Å². The van der Waals surface area contributed by atoms with E-state index < -0.39 is 0 Å². The number of hydrazone groups is 1. The molecule has 38 heavy (non-hydrogen) atoms. The van der Waals surface area contributed by atoms with E-state index in [4.69, 9.17) is 28.9 Å². The fourth-order valence-electron chi connectivity index (χ4n) is 9.91. The molecule has 214 valence electrons. The molecular formula is C33H54ClN3S. The van der Waals surface area contributed by atoms with E-state index in [0.29, 0.717) is 28.4 Å². The van der Waals surface area contributed by atoms with E-state index in [-0.39, 0.29) is 10.8 Å². The van der Waals surface area contributed by atoms with E-state index in [2.05, 4.69) is 51.4 Å². The SMILES string of the molecule is CC(C)CCC[C@@H](C)[C@H]1CC[C@H]2[C@@H]3/C(=N\NC(=S)NC4CCCC4)C=C4C[C@@H](Cl)CC[C@]4(C)[C@H]3CC[C@]12C. The summed E-state index contributed by atoms with van der Waals surface area (Å²) in [5.41, 5.74) is 6.86. The summed E-state index contributed by atoms with van der Waals surface area (Å²) in [6, 6.07) is 0.511. The van der Waals surface area contributed by atoms with Crippen LogP contribution in [0.1, 0.15) is 125 Å². The monoisotopic (exact) mass is 559 g/mol. The standard InChI is InChI=1S/C33H54ClN3S/c1-21(2)9-8-10-22(3)26-13-14-27-30-28(16-18-33(26,27)5)32(4)17-15-24(34)19-23(32)20-29(30)36-37-31(38)35-25-11-6-7-12-25/h20-22,24-28,30H,6-19H2,1-5H3,(H2,35,37,38)/b36-29-/t22-,24+,26-,27+,28+,30+,32+,33-/m1/s1. The van der Waals surface area contributed by atoms with Gasteiger partial charge in [-0.05, 0) is 117 Å². The van der Waals surface area contributed by atoms with Gasteiger partial charge in [0, 0.05) is 17.3 Å². The van der Waals surface area contributed by atoms with Gasteiger partial charge in [-0.15, -0.1) is 11.6 Å². The van der Waals surface area contributed by atoms with Crippen molar-refractivity contribution in [3.63, 3.8) is 0 Å². The smallest absolute Gasteiger partial charge is 0.187 e. The van der Waals surface area contributed by atoms with Gasteiger partial charge in [0.2, 0.25) is 0 Å². The molecule has 0 aromatic rings. The predicted molar refractivity (Wildman–Crippen MR) is 167 cm³/mol. The van der Waals surface area contributed by atoms with E-state index in [0.717, 1.165) is 36.5 Å². The number of allylic oxidation sites excluding steroid dienone is 2. The molecule has 0 aromatic carbocycles. The second kappa shape index (κ2) is 11.7. The lowest BCUT2D eigenvalue weighted by Crippen LogP contribution is -2.54. The van der Waals surface area contributed by atoms with Crippen LogP contribution in [0.15, 0.2) is 16.8 Å². The molecule has 3 nitrogen and oxygen atoms in total. The van der Waals surface area contributed by atoms with E-state index in [9.17, 15) is 0 Å². The minimum absolute atomic E-state index is 0.265. The molecule has 5 heteroatoms. The first-order valence-corrected chi connectivity index (χ1v) is 17.0. The van der Waals surface area contributed by atoms with E-state index in [1.54, 1.807) is 5.57 Å². The van der Waals surface area contributed by atoms with Crippen LogP contribution < -0.4 is 10.7 Å². The largest absolute Gasteiger partial charge is 0.359 e. The molecule has 8 atom stereocenters. The van der Waals surface area contributed by atoms with Crippen molar-refractivity contribution in [1.82, 2.24) is 10.7 Å². The highest BCUT2D eigenvalue weighted by atomic mass is 35.5. The van der Waals surface area contributed by atoms with E-state index >= 15 is 0 Å². The Morgan fingerprint density at radius 2 is 1.79 bits per heavy atom. The Balaban J connectivity index is 1.40. The molecule has 5 aliphatic rings. The second-order valence-electron chi connectivity index (χ2n) is 14.8. The first kappa shape index (κ1) is 28.9. The van der Waals surface area contributed by atoms with Crippen LogP contribution in [0.2, 0.25) is 0 Å². The highest BCUT2D eigenvalue weighted by molar-refractivity contribution is 7.80. The Kier molecular flexibility index (Phi) is 8.91. The lowest BCUT2D eigenvalue weighted by molar-refractivity contribution is -0.0213. The molecule has 0 heterocycles. The highest BCUT2D eigenvalue weighted by Crippen LogP contribution is 2.67. The van der Waals surface area contributed by atoms with Crippen molar-refractivity contribution >= 4 is 34.6 Å². The van der Waals surface area contributed by atoms with Gasteiger partial charge in [0.05, 0.1) is 5.71 Å². The third kappa shape index (κ3) is 5.61. The number of nitrogens with one attached hydrogen (secondary N) is 2. The third-order valence-corrected chi connectivity index (χ3v) is 12.7. The summed E-state index contributed by atoms with van der Waals surface area (Å²) in [5, 5.41) is 9.63. The summed E-state index contributed by atoms with van der Waals surface area (Å²) >= 11 is 12.5. The molecule has 0 aliphatic heterocycles. The molecule has 4 saturated carbocycles. The van der Waals surface area contributed by atoms with E-state index in [1.807, 2.05) is 0 Å². The summed E-state index contributed by atoms with van der Waals surface area (Å²) in [4.78, 5) is 0. The van der Waals surface area contributed by atoms with Gasteiger partial charge in [0.25, 0.3) is 0 Å². The van der Waals surface area contributed by atoms with Crippen molar-refractivity contribution in [2.45, 2.75) is 136 Å². The van der Waals surface area contributed by atoms with Crippen LogP contribution in [0.3, 0.4) is 0 Å². The maximum atomic E-state index is 6.74. The van der Waals surface area contributed by atoms with Crippen molar-refractivity contribution < 1.29 is 0 Å². The number of fused-ring (bicyclic) bond motifs is 5. The van der Waals surface area contributed by atoms with Gasteiger partial charge in [-0.25, -0.2) is 0 Å². The van der Waals surface area contributed by atoms with Gasteiger partial charge >= 0.3 is 0 Å². The average Bonchev–Trinajstić information content (AvgIpc) is 3.50. The summed E-state index contributed by atoms with van der Waals surface area (Å²) in [6.07, 6.45) is 20.5. The van der Waals surface area contributed by atoms with Crippen molar-refractivity contribution in [1.29, 1.82) is 0 Å². The quantitative estimate of drug-likeness (QED) is 0.185. The van der Waals surface area contributed by atoms with Crippen LogP contribution >= 0.6 is 23.8 Å². The number of alkyl halides is 1. The molecular weight excluding hydrogens is 506 g/mol. The lowest BCUT2D eigenvalue weighted by Gasteiger charge is -2.58. The Hall–Kier alpha value is -0.610. The van der Waals surface area contributed by atoms with Crippen molar-refractivity contribution in [3.8, 4) is 0 Å². The number of hydrogen-bond acceptors (Lipinski definition) is 2. The molecule has 2 N–H and O–H groups in total. The Morgan fingerprint density at radius 3 is 2.53 bits per heavy atom. The average molecular weight is 560 g/mol. The zero-order valence-electron chi connectivity index (χ0n) is 24.8. The van der Waals surface area contributed by atoms with Gasteiger partial charge in [-0.1, -0.05) is 72.3 Å². The maximum Gasteiger partial charge on any atom is 0.187 e. The summed E-state index contributed by atoms with van der Waals surface area (Å²) in [7, 11) is 0. The zero-order chi connectivity index (χ0) is 27.1. The number of thiocarbonyl (C=S) groups is 1. The molecule has 5 aliphatic carbocycles. The normalized spacial score (nSPS) is 40.9. The second-order valence-corrected chi connectivity index (χ2v) is 15.8. The van der Waals surface area contributed by atoms with Crippen LogP contribution in [0, 0.1) is 46.3 Å². The Morgan fingerprint density at radius 1 is 1.03 bits per heavy atom. The van der Waals surface area contributed by atoms with E-state index in [1.165, 1.54) is 82.8 Å². The molecule has 0 aromatic heterocycles. The molecule has 0 saturated heterocycles. The summed E-state index contributed by atoms with van der Waals surface area (Å²) in [5.74, 6) is 4.41. The molecule has 0 spiro atoms. The predicted octanol–water partition coefficient (Wildman–Crippen LogP) is 9.01. The van der Waals surface area contributed by atoms with Gasteiger partial charge in [0.15, 0.2) is 5.11 Å². The van der Waals surface area contributed by atoms with Crippen LogP contribution in [0.5, 0.6) is 0 Å². The number of nitrogens with zero attached hydrogens (tertiary/aromatic N) is 1. The van der Waals surface area contributed by atoms with Gasteiger partial charge in [-0.2, -0.15) is 5.10 Å². The van der Waals surface area contributed by atoms with Gasteiger partial charge in [0.1, 0.15) is 0 Å². The summed E-state index contributed by atoms with van der Waals surface area (Å²) < 4.78 is 0. The number of halogens is 1. The first-order valence-electron chi connectivity index (χ1n) is 16.1. The highest BCUT2D eigenvalue weighted by Gasteiger charge is 2.60. The van der Waals surface area contributed by atoms with Crippen molar-refractivity contribution in [3.05, 3.63) is 11.6 Å². The third-order valence-electron chi connectivity index (χ3n) is 12.1. The topological polar surface area (TPSA) is 36.4 Å². The fraction of sp³-hybridized carbons (Fsp3) is 0.879. The van der Waals surface area contributed by atoms with Crippen molar-refractivity contribution in [2.75, 3.05) is 0 Å². The molecule has 4 fully saturated rings. The Labute approximate surface area is 243 Å². The number of rotatable bonds is 7. The fourth-order valence-corrected chi connectivity index (χ4v) is 10.4. The van der Waals surface area contributed by atoms with Gasteiger partial charge in [-0.3, -0.25) is 5.43 Å². The Bertz CT molecular complexity index is 923. The maximum absolute atomic E-state index is 6.74. The molecule has 0 amide bonds. The minimum atomic E-state index is 0.265. The summed E-state index contributed by atoms with van der Waals surface area (Å²) in [6.45, 7) is 12.5. The molecule has 5 rings (SSSR count). The number of hydrogen-bond donors (Lipinski definition) is 2. The van der Waals surface area contributed by atoms with Crippen molar-refractivity contribution in [2.24, 2.45) is 51.4 Å². The zero-order valence-corrected chi connectivity index (χ0v) is 26.4. The van der Waals surface area contributed by atoms with Crippen LogP contribution in [-0.4, -0.2) is 22.2 Å². The van der Waals surface area contributed by atoms with Crippen LogP contribution in [0.4, 0.5) is 0 Å². The van der Waals surface area contributed by atoms with Crippen LogP contribution in [-0.2, 0) is 0 Å². The molecule has 0 radical (unpaired) electrons. The first-order chi connectivity index (χ1) is 18.1.